The number of ether oxygens (including phenoxy) is 1. The van der Waals surface area contributed by atoms with Crippen molar-refractivity contribution in [3.63, 3.8) is 0 Å². The minimum absolute atomic E-state index is 0.0804. The van der Waals surface area contributed by atoms with Gasteiger partial charge in [-0.1, -0.05) is 66.4 Å². The van der Waals surface area contributed by atoms with Crippen LogP contribution in [0.2, 0.25) is 0 Å². The lowest BCUT2D eigenvalue weighted by molar-refractivity contribution is -0.132. The Labute approximate surface area is 199 Å². The second-order valence-electron chi connectivity index (χ2n) is 7.14. The molecular formula is C25H20N2O4S2. The molecule has 0 bridgehead atoms. The summed E-state index contributed by atoms with van der Waals surface area (Å²) in [5.41, 5.74) is 3.17. The summed E-state index contributed by atoms with van der Waals surface area (Å²) in [6, 6.07) is 24.1. The number of hydrogen-bond donors (Lipinski definition) is 1. The van der Waals surface area contributed by atoms with Crippen molar-refractivity contribution in [1.82, 2.24) is 10.3 Å². The molecule has 4 aromatic rings. The topological polar surface area (TPSA) is 85.4 Å². The predicted octanol–water partition coefficient (Wildman–Crippen LogP) is 4.63. The summed E-state index contributed by atoms with van der Waals surface area (Å²) in [6.07, 6.45) is 0.0804. The SMILES string of the molecule is O=C(COC(=O)c1ccc(CSc2nc3ccccc3s2)cc1)NC(=O)Cc1ccccc1. The maximum atomic E-state index is 12.2. The molecule has 0 fully saturated rings. The fourth-order valence-corrected chi connectivity index (χ4v) is 5.05. The summed E-state index contributed by atoms with van der Waals surface area (Å²) >= 11 is 3.29. The van der Waals surface area contributed by atoms with Crippen LogP contribution in [-0.4, -0.2) is 29.4 Å². The third-order valence-electron chi connectivity index (χ3n) is 4.65. The predicted molar refractivity (Wildman–Crippen MR) is 129 cm³/mol. The van der Waals surface area contributed by atoms with Gasteiger partial charge in [-0.2, -0.15) is 0 Å². The largest absolute Gasteiger partial charge is 0.452 e. The van der Waals surface area contributed by atoms with Gasteiger partial charge in [0.15, 0.2) is 10.9 Å². The smallest absolute Gasteiger partial charge is 0.338 e. The number of benzene rings is 3. The molecule has 8 heteroatoms. The molecule has 1 N–H and O–H groups in total. The van der Waals surface area contributed by atoms with Crippen LogP contribution in [0.25, 0.3) is 10.2 Å². The summed E-state index contributed by atoms with van der Waals surface area (Å²) in [7, 11) is 0. The number of hydrogen-bond acceptors (Lipinski definition) is 7. The number of thioether (sulfide) groups is 1. The number of nitrogens with zero attached hydrogens (tertiary/aromatic N) is 1. The zero-order chi connectivity index (χ0) is 23.0. The number of fused-ring (bicyclic) bond motifs is 1. The van der Waals surface area contributed by atoms with Gasteiger partial charge in [0.25, 0.3) is 5.91 Å². The fourth-order valence-electron chi connectivity index (χ4n) is 3.03. The highest BCUT2D eigenvalue weighted by Crippen LogP contribution is 2.31. The van der Waals surface area contributed by atoms with Crippen molar-refractivity contribution in [2.45, 2.75) is 16.5 Å². The molecule has 1 heterocycles. The Kier molecular flexibility index (Phi) is 7.49. The van der Waals surface area contributed by atoms with E-state index < -0.39 is 24.4 Å². The summed E-state index contributed by atoms with van der Waals surface area (Å²) in [4.78, 5) is 40.6. The van der Waals surface area contributed by atoms with Crippen LogP contribution in [0.1, 0.15) is 21.5 Å². The molecule has 0 aliphatic carbocycles. The summed E-state index contributed by atoms with van der Waals surface area (Å²) < 4.78 is 7.18. The van der Waals surface area contributed by atoms with E-state index in [0.717, 1.165) is 31.4 Å². The molecule has 0 spiro atoms. The van der Waals surface area contributed by atoms with E-state index in [1.807, 2.05) is 48.5 Å². The van der Waals surface area contributed by atoms with Crippen LogP contribution in [0.15, 0.2) is 83.2 Å². The number of carbonyl (C=O) groups is 3. The van der Waals surface area contributed by atoms with Gasteiger partial charge >= 0.3 is 5.97 Å². The summed E-state index contributed by atoms with van der Waals surface area (Å²) in [5, 5.41) is 2.22. The first-order valence-electron chi connectivity index (χ1n) is 10.2. The van der Waals surface area contributed by atoms with E-state index in [1.54, 1.807) is 47.4 Å². The first-order valence-corrected chi connectivity index (χ1v) is 12.0. The van der Waals surface area contributed by atoms with E-state index in [0.29, 0.717) is 5.56 Å². The van der Waals surface area contributed by atoms with Gasteiger partial charge in [0, 0.05) is 5.75 Å². The number of rotatable bonds is 8. The van der Waals surface area contributed by atoms with E-state index in [2.05, 4.69) is 16.4 Å². The van der Waals surface area contributed by atoms with E-state index in [9.17, 15) is 14.4 Å². The van der Waals surface area contributed by atoms with E-state index in [1.165, 1.54) is 0 Å². The number of esters is 1. The van der Waals surface area contributed by atoms with Crippen molar-refractivity contribution >= 4 is 51.1 Å². The zero-order valence-corrected chi connectivity index (χ0v) is 19.2. The van der Waals surface area contributed by atoms with Crippen LogP contribution in [0.4, 0.5) is 0 Å². The molecule has 3 aromatic carbocycles. The highest BCUT2D eigenvalue weighted by Gasteiger charge is 2.13. The molecule has 4 rings (SSSR count). The Morgan fingerprint density at radius 3 is 2.33 bits per heavy atom. The Bertz CT molecular complexity index is 1240. The minimum atomic E-state index is -0.659. The summed E-state index contributed by atoms with van der Waals surface area (Å²) in [5.74, 6) is -1.00. The van der Waals surface area contributed by atoms with Gasteiger partial charge in [0.1, 0.15) is 0 Å². The van der Waals surface area contributed by atoms with Crippen molar-refractivity contribution in [2.24, 2.45) is 0 Å². The highest BCUT2D eigenvalue weighted by molar-refractivity contribution is 8.00. The van der Waals surface area contributed by atoms with Crippen LogP contribution in [0.5, 0.6) is 0 Å². The third kappa shape index (κ3) is 6.50. The monoisotopic (exact) mass is 476 g/mol. The number of aromatic nitrogens is 1. The second kappa shape index (κ2) is 10.9. The summed E-state index contributed by atoms with van der Waals surface area (Å²) in [6.45, 7) is -0.519. The van der Waals surface area contributed by atoms with Gasteiger partial charge in [-0.25, -0.2) is 9.78 Å². The van der Waals surface area contributed by atoms with Crippen LogP contribution >= 0.6 is 23.1 Å². The lowest BCUT2D eigenvalue weighted by atomic mass is 10.1. The highest BCUT2D eigenvalue weighted by atomic mass is 32.2. The molecule has 2 amide bonds. The number of carbonyl (C=O) groups excluding carboxylic acids is 3. The number of imide groups is 1. The number of amides is 2. The lowest BCUT2D eigenvalue weighted by Gasteiger charge is -2.07. The van der Waals surface area contributed by atoms with Crippen LogP contribution in [0, 0.1) is 0 Å². The molecule has 0 saturated carbocycles. The van der Waals surface area contributed by atoms with Crippen LogP contribution < -0.4 is 5.32 Å². The maximum absolute atomic E-state index is 12.2. The van der Waals surface area contributed by atoms with E-state index in [4.69, 9.17) is 4.74 Å². The Balaban J connectivity index is 1.22. The molecule has 0 radical (unpaired) electrons. The molecule has 0 atom stereocenters. The quantitative estimate of drug-likeness (QED) is 0.295. The van der Waals surface area contributed by atoms with Crippen LogP contribution in [-0.2, 0) is 26.5 Å². The maximum Gasteiger partial charge on any atom is 0.338 e. The van der Waals surface area contributed by atoms with Gasteiger partial charge < -0.3 is 4.74 Å². The van der Waals surface area contributed by atoms with Crippen molar-refractivity contribution in [1.29, 1.82) is 0 Å². The lowest BCUT2D eigenvalue weighted by Crippen LogP contribution is -2.35. The first kappa shape index (κ1) is 22.7. The van der Waals surface area contributed by atoms with E-state index in [-0.39, 0.29) is 6.42 Å². The van der Waals surface area contributed by atoms with Gasteiger partial charge in [-0.05, 0) is 35.4 Å². The molecule has 0 saturated heterocycles. The molecule has 166 valence electrons. The number of thiazole rings is 1. The average molecular weight is 477 g/mol. The average Bonchev–Trinajstić information content (AvgIpc) is 3.25. The molecule has 1 aromatic heterocycles. The standard InChI is InChI=1S/C25H20N2O4S2/c28-22(14-17-6-2-1-3-7-17)27-23(29)15-31-24(30)19-12-10-18(11-13-19)16-32-25-26-20-8-4-5-9-21(20)33-25/h1-13H,14-16H2,(H,27,28,29). The zero-order valence-electron chi connectivity index (χ0n) is 17.5. The third-order valence-corrected chi connectivity index (χ3v) is 6.90. The number of para-hydroxylation sites is 1. The minimum Gasteiger partial charge on any atom is -0.452 e. The van der Waals surface area contributed by atoms with Gasteiger partial charge in [0.05, 0.1) is 22.2 Å². The fraction of sp³-hybridized carbons (Fsp3) is 0.120. The van der Waals surface area contributed by atoms with Crippen molar-refractivity contribution in [2.75, 3.05) is 6.61 Å². The number of nitrogens with one attached hydrogen (secondary N) is 1. The second-order valence-corrected chi connectivity index (χ2v) is 9.40. The molecule has 0 unspecified atom stereocenters. The van der Waals surface area contributed by atoms with Gasteiger partial charge in [-0.3, -0.25) is 14.9 Å². The van der Waals surface area contributed by atoms with Crippen LogP contribution in [0.3, 0.4) is 0 Å². The van der Waals surface area contributed by atoms with E-state index >= 15 is 0 Å². The van der Waals surface area contributed by atoms with Crippen molar-refractivity contribution in [3.8, 4) is 0 Å². The van der Waals surface area contributed by atoms with Crippen molar-refractivity contribution in [3.05, 3.63) is 95.6 Å². The normalized spacial score (nSPS) is 10.7. The van der Waals surface area contributed by atoms with Gasteiger partial charge in [-0.15, -0.1) is 11.3 Å². The first-order chi connectivity index (χ1) is 16.1. The Morgan fingerprint density at radius 2 is 1.58 bits per heavy atom. The molecule has 0 aliphatic rings. The molecule has 33 heavy (non-hydrogen) atoms. The van der Waals surface area contributed by atoms with Crippen molar-refractivity contribution < 1.29 is 19.1 Å². The molecule has 6 nitrogen and oxygen atoms in total. The molecule has 0 aliphatic heterocycles. The Hall–Kier alpha value is -3.49. The Morgan fingerprint density at radius 1 is 0.848 bits per heavy atom. The van der Waals surface area contributed by atoms with Gasteiger partial charge in [0.2, 0.25) is 5.91 Å². The molecular weight excluding hydrogens is 456 g/mol.